The van der Waals surface area contributed by atoms with E-state index in [0.29, 0.717) is 24.9 Å². The van der Waals surface area contributed by atoms with Crippen LogP contribution in [0, 0.1) is 11.8 Å². The molecule has 0 spiro atoms. The predicted octanol–water partition coefficient (Wildman–Crippen LogP) is 4.51. The lowest BCUT2D eigenvalue weighted by molar-refractivity contribution is -0.148. The van der Waals surface area contributed by atoms with Crippen LogP contribution in [0.4, 0.5) is 4.79 Å². The molecule has 3 atom stereocenters. The lowest BCUT2D eigenvalue weighted by Crippen LogP contribution is -2.63. The summed E-state index contributed by atoms with van der Waals surface area (Å²) in [7, 11) is 0. The number of aliphatic hydroxyl groups is 1. The Labute approximate surface area is 339 Å². The van der Waals surface area contributed by atoms with Gasteiger partial charge in [0.25, 0.3) is 17.7 Å². The van der Waals surface area contributed by atoms with Crippen molar-refractivity contribution in [2.75, 3.05) is 13.1 Å². The highest BCUT2D eigenvalue weighted by molar-refractivity contribution is 6.00. The van der Waals surface area contributed by atoms with Crippen molar-refractivity contribution >= 4 is 40.6 Å². The van der Waals surface area contributed by atoms with Crippen LogP contribution in [-0.2, 0) is 32.1 Å². The number of aryl methyl sites for hydroxylation is 1. The summed E-state index contributed by atoms with van der Waals surface area (Å²) in [6.45, 7) is 4.23. The zero-order valence-corrected chi connectivity index (χ0v) is 33.2. The first-order chi connectivity index (χ1) is 27.9. The van der Waals surface area contributed by atoms with Gasteiger partial charge in [-0.05, 0) is 60.8 Å². The minimum absolute atomic E-state index is 0.0387. The third-order valence-electron chi connectivity index (χ3n) is 10.3. The van der Waals surface area contributed by atoms with Crippen molar-refractivity contribution in [1.82, 2.24) is 31.4 Å². The molecular weight excluding hydrogens is 739 g/mol. The average molecular weight is 794 g/mol. The van der Waals surface area contributed by atoms with E-state index in [1.807, 2.05) is 86.6 Å². The molecule has 0 saturated heterocycles. The fourth-order valence-electron chi connectivity index (χ4n) is 7.14. The number of nitrogens with zero attached hydrogens (tertiary/aromatic N) is 2. The molecule has 7 N–H and O–H groups in total. The number of nitrogens with one attached hydrogen (secondary N) is 4. The Bertz CT molecular complexity index is 1990. The number of hydrogen-bond acceptors (Lipinski definition) is 9. The maximum atomic E-state index is 14.1. The van der Waals surface area contributed by atoms with Gasteiger partial charge in [-0.15, -0.1) is 0 Å². The Morgan fingerprint density at radius 3 is 2.19 bits per heavy atom. The second kappa shape index (κ2) is 21.1. The van der Waals surface area contributed by atoms with Crippen molar-refractivity contribution in [3.63, 3.8) is 0 Å². The van der Waals surface area contributed by atoms with Crippen molar-refractivity contribution in [2.24, 2.45) is 17.6 Å². The van der Waals surface area contributed by atoms with E-state index >= 15 is 0 Å². The fraction of sp³-hybridized carbons (Fsp3) is 0.409. The van der Waals surface area contributed by atoms with E-state index in [1.54, 1.807) is 23.2 Å². The van der Waals surface area contributed by atoms with Gasteiger partial charge in [-0.25, -0.2) is 14.8 Å². The highest BCUT2D eigenvalue weighted by Gasteiger charge is 2.41. The lowest BCUT2D eigenvalue weighted by atomic mass is 9.89. The Hall–Kier alpha value is -5.86. The molecule has 3 aromatic carbocycles. The number of primary amides is 1. The van der Waals surface area contributed by atoms with E-state index in [4.69, 9.17) is 10.5 Å². The Morgan fingerprint density at radius 2 is 1.52 bits per heavy atom. The molecular formula is C44H55N7O7. The average Bonchev–Trinajstić information content (AvgIpc) is 3.21. The molecule has 0 radical (unpaired) electrons. The number of para-hydroxylation sites is 1. The molecule has 1 fully saturated rings. The van der Waals surface area contributed by atoms with Gasteiger partial charge in [-0.3, -0.25) is 24.6 Å². The van der Waals surface area contributed by atoms with Crippen LogP contribution in [-0.4, -0.2) is 75.7 Å². The summed E-state index contributed by atoms with van der Waals surface area (Å²) in [5.41, 5.74) is 8.04. The molecule has 0 aliphatic heterocycles. The molecule has 5 rings (SSSR count). The van der Waals surface area contributed by atoms with Gasteiger partial charge in [0.15, 0.2) is 0 Å². The van der Waals surface area contributed by atoms with Gasteiger partial charge in [0.2, 0.25) is 11.6 Å². The number of carbonyl (C=O) groups is 5. The van der Waals surface area contributed by atoms with E-state index in [1.165, 1.54) is 6.07 Å². The minimum Gasteiger partial charge on any atom is -0.445 e. The van der Waals surface area contributed by atoms with Crippen molar-refractivity contribution < 1.29 is 33.8 Å². The zero-order valence-electron chi connectivity index (χ0n) is 33.2. The van der Waals surface area contributed by atoms with Gasteiger partial charge < -0.3 is 31.5 Å². The highest BCUT2D eigenvalue weighted by atomic mass is 16.5. The summed E-state index contributed by atoms with van der Waals surface area (Å²) < 4.78 is 5.42. The van der Waals surface area contributed by atoms with Crippen LogP contribution >= 0.6 is 0 Å². The quantitative estimate of drug-likeness (QED) is 0.0583. The van der Waals surface area contributed by atoms with E-state index in [9.17, 15) is 29.1 Å². The second-order valence-electron chi connectivity index (χ2n) is 15.4. The maximum absolute atomic E-state index is 14.1. The molecule has 308 valence electrons. The number of aromatic nitrogens is 1. The maximum Gasteiger partial charge on any atom is 0.408 e. The molecule has 58 heavy (non-hydrogen) atoms. The van der Waals surface area contributed by atoms with E-state index in [0.717, 1.165) is 48.6 Å². The summed E-state index contributed by atoms with van der Waals surface area (Å²) in [5.74, 6) is -3.47. The number of carbonyl (C=O) groups excluding carboxylic acids is 5. The van der Waals surface area contributed by atoms with Crippen molar-refractivity contribution in [1.29, 1.82) is 0 Å². The van der Waals surface area contributed by atoms with Gasteiger partial charge in [0.1, 0.15) is 18.3 Å². The summed E-state index contributed by atoms with van der Waals surface area (Å²) in [6, 6.07) is 27.5. The largest absolute Gasteiger partial charge is 0.445 e. The number of alkyl carbamates (subject to hydrolysis) is 1. The number of rotatable bonds is 19. The SMILES string of the molecule is CC(C)[C@H](NC(=O)OCc1ccccc1)C(=O)NN(CC1CCCCC1)C[C@H](CCc1ccccc1)NC(=O)[C@](O)(CC(N)=O)NC(=O)c1ccc2ccccc2n1. The van der Waals surface area contributed by atoms with Gasteiger partial charge in [0.05, 0.1) is 11.9 Å². The predicted molar refractivity (Wildman–Crippen MR) is 219 cm³/mol. The molecule has 1 aromatic heterocycles. The number of hydrazine groups is 1. The van der Waals surface area contributed by atoms with E-state index < -0.39 is 54.0 Å². The molecule has 14 nitrogen and oxygen atoms in total. The number of nitrogens with two attached hydrogens (primary N) is 1. The fourth-order valence-corrected chi connectivity index (χ4v) is 7.14. The van der Waals surface area contributed by atoms with Gasteiger partial charge in [0, 0.05) is 24.5 Å². The third kappa shape index (κ3) is 13.1. The van der Waals surface area contributed by atoms with Crippen LogP contribution in [0.3, 0.4) is 0 Å². The minimum atomic E-state index is -2.73. The molecule has 1 aliphatic carbocycles. The summed E-state index contributed by atoms with van der Waals surface area (Å²) in [6.07, 6.45) is 4.37. The second-order valence-corrected chi connectivity index (χ2v) is 15.4. The standard InChI is InChI=1S/C44H55N7O7/c1-30(2)39(48-43(56)58-29-33-18-10-5-11-19-33)41(54)50-51(27-32-16-8-4-9-17-32)28-35(24-22-31-14-6-3-7-15-31)46-42(55)44(57,26-38(45)52)49-40(53)37-25-23-34-20-12-13-21-36(34)47-37/h3,5-7,10-15,18-21,23,25,30,32,35,39,57H,4,8-9,16-17,22,24,26-29H2,1-2H3,(H2,45,52)(H,46,55)(H,48,56)(H,49,53)(H,50,54)/t35-,39-,44+/m0/s1. The van der Waals surface area contributed by atoms with Crippen molar-refractivity contribution in [3.8, 4) is 0 Å². The monoisotopic (exact) mass is 793 g/mol. The molecule has 1 heterocycles. The summed E-state index contributed by atoms with van der Waals surface area (Å²) >= 11 is 0. The Morgan fingerprint density at radius 1 is 0.862 bits per heavy atom. The molecule has 5 amide bonds. The van der Waals surface area contributed by atoms with Crippen molar-refractivity contribution in [3.05, 3.63) is 114 Å². The van der Waals surface area contributed by atoms with Gasteiger partial charge in [-0.2, -0.15) is 0 Å². The molecule has 0 bridgehead atoms. The van der Waals surface area contributed by atoms with Crippen LogP contribution < -0.4 is 27.1 Å². The first-order valence-corrected chi connectivity index (χ1v) is 19.9. The van der Waals surface area contributed by atoms with Crippen LogP contribution in [0.1, 0.15) is 80.4 Å². The van der Waals surface area contributed by atoms with Crippen molar-refractivity contribution in [2.45, 2.75) is 89.6 Å². The molecule has 1 aliphatic rings. The molecule has 4 aromatic rings. The first kappa shape index (κ1) is 43.3. The molecule has 0 unspecified atom stereocenters. The van der Waals surface area contributed by atoms with Gasteiger partial charge in [-0.1, -0.05) is 118 Å². The number of ether oxygens (including phenoxy) is 1. The molecule has 14 heteroatoms. The van der Waals surface area contributed by atoms with Crippen LogP contribution in [0.25, 0.3) is 10.9 Å². The smallest absolute Gasteiger partial charge is 0.408 e. The Balaban J connectivity index is 1.36. The van der Waals surface area contributed by atoms with Gasteiger partial charge >= 0.3 is 6.09 Å². The summed E-state index contributed by atoms with van der Waals surface area (Å²) in [5, 5.41) is 22.1. The summed E-state index contributed by atoms with van der Waals surface area (Å²) in [4.78, 5) is 71.1. The highest BCUT2D eigenvalue weighted by Crippen LogP contribution is 2.25. The first-order valence-electron chi connectivity index (χ1n) is 19.9. The number of amides is 5. The van der Waals surface area contributed by atoms with E-state index in [-0.39, 0.29) is 30.7 Å². The lowest BCUT2D eigenvalue weighted by Gasteiger charge is -2.35. The number of hydrogen-bond donors (Lipinski definition) is 6. The van der Waals surface area contributed by atoms with Crippen LogP contribution in [0.5, 0.6) is 0 Å². The zero-order chi connectivity index (χ0) is 41.5. The number of pyridine rings is 1. The van der Waals surface area contributed by atoms with E-state index in [2.05, 4.69) is 26.4 Å². The van der Waals surface area contributed by atoms with Crippen LogP contribution in [0.15, 0.2) is 97.1 Å². The topological polar surface area (TPSA) is 205 Å². The third-order valence-corrected chi connectivity index (χ3v) is 10.3. The molecule has 1 saturated carbocycles. The number of benzene rings is 3. The normalized spacial score (nSPS) is 15.2. The number of fused-ring (bicyclic) bond motifs is 1. The Kier molecular flexibility index (Phi) is 15.7. The van der Waals surface area contributed by atoms with Crippen LogP contribution in [0.2, 0.25) is 0 Å².